The van der Waals surface area contributed by atoms with Gasteiger partial charge in [0.2, 0.25) is 0 Å². The quantitative estimate of drug-likeness (QED) is 0.197. The third kappa shape index (κ3) is 4.88. The summed E-state index contributed by atoms with van der Waals surface area (Å²) in [5.41, 5.74) is 8.00. The van der Waals surface area contributed by atoms with Gasteiger partial charge < -0.3 is 9.47 Å². The van der Waals surface area contributed by atoms with Crippen LogP contribution in [0.5, 0.6) is 0 Å². The molecule has 45 heavy (non-hydrogen) atoms. The van der Waals surface area contributed by atoms with Gasteiger partial charge in [0.25, 0.3) is 5.91 Å². The van der Waals surface area contributed by atoms with Crippen molar-refractivity contribution in [1.29, 1.82) is 0 Å². The fourth-order valence-corrected chi connectivity index (χ4v) is 6.46. The molecule has 4 aromatic heterocycles. The van der Waals surface area contributed by atoms with E-state index in [0.29, 0.717) is 23.0 Å². The Bertz CT molecular complexity index is 2100. The average molecular weight is 603 g/mol. The van der Waals surface area contributed by atoms with E-state index >= 15 is 4.39 Å². The molecule has 2 aromatic carbocycles. The lowest BCUT2D eigenvalue weighted by atomic mass is 10.0. The van der Waals surface area contributed by atoms with Gasteiger partial charge in [-0.25, -0.2) is 14.4 Å². The van der Waals surface area contributed by atoms with E-state index in [1.807, 2.05) is 36.3 Å². The minimum absolute atomic E-state index is 0.0690. The summed E-state index contributed by atoms with van der Waals surface area (Å²) in [5, 5.41) is 11.3. The first kappa shape index (κ1) is 27.7. The highest BCUT2D eigenvalue weighted by Crippen LogP contribution is 2.49. The molecule has 0 saturated heterocycles. The first-order chi connectivity index (χ1) is 21.7. The molecule has 228 valence electrons. The molecule has 1 atom stereocenters. The number of hydrogen-bond donors (Lipinski definition) is 0. The maximum absolute atomic E-state index is 15.5. The molecular weight excluding hydrogens is 567 g/mol. The molecule has 0 radical (unpaired) electrons. The predicted octanol–water partition coefficient (Wildman–Crippen LogP) is 6.55. The molecule has 0 N–H and O–H groups in total. The Morgan fingerprint density at radius 2 is 1.71 bits per heavy atom. The number of fused-ring (bicyclic) bond motifs is 2. The van der Waals surface area contributed by atoms with Crippen LogP contribution in [0, 0.1) is 0 Å². The van der Waals surface area contributed by atoms with Crippen LogP contribution in [-0.4, -0.2) is 59.0 Å². The Hall–Kier alpha value is -4.86. The van der Waals surface area contributed by atoms with Gasteiger partial charge in [0.05, 0.1) is 23.4 Å². The first-order valence-electron chi connectivity index (χ1n) is 15.6. The molecule has 2 fully saturated rings. The lowest BCUT2D eigenvalue weighted by molar-refractivity contribution is 0.0827. The minimum atomic E-state index is -1.27. The Balaban J connectivity index is 1.17. The van der Waals surface area contributed by atoms with Crippen molar-refractivity contribution in [3.8, 4) is 22.6 Å². The summed E-state index contributed by atoms with van der Waals surface area (Å²) in [4.78, 5) is 24.1. The number of carbonyl (C=O) groups is 1. The molecule has 6 aromatic rings. The van der Waals surface area contributed by atoms with Gasteiger partial charge in [-0.2, -0.15) is 10.2 Å². The number of nitrogens with zero attached hydrogens (tertiary/aromatic N) is 8. The Morgan fingerprint density at radius 3 is 2.42 bits per heavy atom. The van der Waals surface area contributed by atoms with Crippen LogP contribution < -0.4 is 0 Å². The van der Waals surface area contributed by atoms with Crippen LogP contribution in [0.4, 0.5) is 4.39 Å². The first-order valence-corrected chi connectivity index (χ1v) is 15.6. The van der Waals surface area contributed by atoms with Crippen molar-refractivity contribution < 1.29 is 9.18 Å². The Morgan fingerprint density at radius 1 is 0.956 bits per heavy atom. The zero-order valence-corrected chi connectivity index (χ0v) is 25.9. The second-order valence-electron chi connectivity index (χ2n) is 12.8. The average Bonchev–Trinajstić information content (AvgIpc) is 3.95. The van der Waals surface area contributed by atoms with E-state index in [0.717, 1.165) is 76.0 Å². The number of benzene rings is 2. The summed E-state index contributed by atoms with van der Waals surface area (Å²) in [5.74, 6) is 1.71. The molecule has 2 aliphatic carbocycles. The second-order valence-corrected chi connectivity index (χ2v) is 12.8. The zero-order chi connectivity index (χ0) is 31.0. The molecule has 0 unspecified atom stereocenters. The fraction of sp³-hybridized carbons (Fsp3) is 0.343. The highest BCUT2D eigenvalue weighted by Gasteiger charge is 2.35. The van der Waals surface area contributed by atoms with E-state index in [4.69, 9.17) is 15.1 Å². The topological polar surface area (TPSA) is 86.7 Å². The number of halogens is 1. The molecule has 0 spiro atoms. The number of aromatic nitrogens is 7. The van der Waals surface area contributed by atoms with Crippen molar-refractivity contribution in [2.45, 2.75) is 50.2 Å². The molecule has 0 aliphatic heterocycles. The van der Waals surface area contributed by atoms with E-state index in [-0.39, 0.29) is 12.5 Å². The number of imidazole rings is 1. The maximum atomic E-state index is 15.5. The van der Waals surface area contributed by atoms with Crippen molar-refractivity contribution in [2.24, 2.45) is 14.1 Å². The minimum Gasteiger partial charge on any atom is -0.345 e. The van der Waals surface area contributed by atoms with Gasteiger partial charge in [0.15, 0.2) is 5.65 Å². The molecule has 10 heteroatoms. The fourth-order valence-electron chi connectivity index (χ4n) is 6.46. The van der Waals surface area contributed by atoms with E-state index in [9.17, 15) is 4.79 Å². The van der Waals surface area contributed by atoms with E-state index < -0.39 is 6.17 Å². The summed E-state index contributed by atoms with van der Waals surface area (Å²) < 4.78 is 21.3. The lowest BCUT2D eigenvalue weighted by Gasteiger charge is -2.12. The van der Waals surface area contributed by atoms with Crippen LogP contribution in [0.1, 0.15) is 71.0 Å². The summed E-state index contributed by atoms with van der Waals surface area (Å²) in [6.45, 7) is 0.0690. The number of aryl methyl sites for hydroxylation is 1. The number of rotatable bonds is 8. The van der Waals surface area contributed by atoms with Gasteiger partial charge in [-0.3, -0.25) is 14.2 Å². The second kappa shape index (κ2) is 10.4. The third-order valence-corrected chi connectivity index (χ3v) is 9.07. The van der Waals surface area contributed by atoms with Gasteiger partial charge in [-0.05, 0) is 55.5 Å². The summed E-state index contributed by atoms with van der Waals surface area (Å²) >= 11 is 0. The molecule has 2 saturated carbocycles. The molecule has 2 aliphatic rings. The van der Waals surface area contributed by atoms with E-state index in [2.05, 4.69) is 28.8 Å². The monoisotopic (exact) mass is 602 g/mol. The van der Waals surface area contributed by atoms with E-state index in [1.165, 1.54) is 10.6 Å². The SMILES string of the molecule is CN(C)C(=O)c1ccc([C@@H](F)Cn2cc3c(-c4nc(-c5cc6cn(C)nc6nc5C5CC5)n(C)c4C4CC4)cccc3n2)cc1. The number of alkyl halides is 1. The Labute approximate surface area is 260 Å². The van der Waals surface area contributed by atoms with Gasteiger partial charge in [0, 0.05) is 85.6 Å². The largest absolute Gasteiger partial charge is 0.345 e. The molecule has 4 heterocycles. The molecule has 9 nitrogen and oxygen atoms in total. The van der Waals surface area contributed by atoms with Crippen molar-refractivity contribution in [3.05, 3.63) is 83.4 Å². The smallest absolute Gasteiger partial charge is 0.253 e. The third-order valence-electron chi connectivity index (χ3n) is 9.07. The summed E-state index contributed by atoms with van der Waals surface area (Å²) in [6, 6.07) is 15.0. The maximum Gasteiger partial charge on any atom is 0.253 e. The normalized spacial score (nSPS) is 15.7. The van der Waals surface area contributed by atoms with Crippen molar-refractivity contribution >= 4 is 27.8 Å². The van der Waals surface area contributed by atoms with Crippen LogP contribution in [0.3, 0.4) is 0 Å². The highest BCUT2D eigenvalue weighted by atomic mass is 19.1. The van der Waals surface area contributed by atoms with Crippen molar-refractivity contribution in [3.63, 3.8) is 0 Å². The van der Waals surface area contributed by atoms with Crippen molar-refractivity contribution in [2.75, 3.05) is 14.1 Å². The van der Waals surface area contributed by atoms with Gasteiger partial charge >= 0.3 is 0 Å². The molecular formula is C35H35FN8O. The molecule has 1 amide bonds. The van der Waals surface area contributed by atoms with Crippen LogP contribution in [0.25, 0.3) is 44.6 Å². The van der Waals surface area contributed by atoms with E-state index in [1.54, 1.807) is 43.0 Å². The highest BCUT2D eigenvalue weighted by molar-refractivity contribution is 5.95. The van der Waals surface area contributed by atoms with Crippen LogP contribution >= 0.6 is 0 Å². The number of carbonyl (C=O) groups excluding carboxylic acids is 1. The lowest BCUT2D eigenvalue weighted by Crippen LogP contribution is -2.21. The van der Waals surface area contributed by atoms with Gasteiger partial charge in [0.1, 0.15) is 12.0 Å². The van der Waals surface area contributed by atoms with Crippen LogP contribution in [0.2, 0.25) is 0 Å². The number of amides is 1. The summed E-state index contributed by atoms with van der Waals surface area (Å²) in [7, 11) is 7.46. The number of hydrogen-bond acceptors (Lipinski definition) is 5. The van der Waals surface area contributed by atoms with Crippen LogP contribution in [-0.2, 0) is 20.6 Å². The van der Waals surface area contributed by atoms with Gasteiger partial charge in [-0.1, -0.05) is 24.3 Å². The standard InChI is InChI=1S/C35H35FN8O/c1-41(2)35(45)23-14-8-20(9-15-23)28(36)19-44-18-27-25(6-5-7-29(27)39-44)31-32(22-12-13-22)43(4)34(38-31)26-16-24-17-42(3)40-33(24)37-30(26)21-10-11-21/h5-9,14-18,21-22,28H,10-13,19H2,1-4H3/t28-/m0/s1. The summed E-state index contributed by atoms with van der Waals surface area (Å²) in [6.07, 6.45) is 7.22. The number of pyridine rings is 1. The predicted molar refractivity (Wildman–Crippen MR) is 172 cm³/mol. The molecule has 8 rings (SSSR count). The van der Waals surface area contributed by atoms with Crippen molar-refractivity contribution in [1.82, 2.24) is 39.0 Å². The van der Waals surface area contributed by atoms with Crippen LogP contribution in [0.15, 0.2) is 60.9 Å². The van der Waals surface area contributed by atoms with Gasteiger partial charge in [-0.15, -0.1) is 0 Å². The molecule has 0 bridgehead atoms. The Kier molecular flexibility index (Phi) is 6.37. The zero-order valence-electron chi connectivity index (χ0n) is 25.9.